The minimum atomic E-state index is -3.51. The number of sulfonamides is 1. The van der Waals surface area contributed by atoms with Crippen LogP contribution >= 0.6 is 0 Å². The van der Waals surface area contributed by atoms with Gasteiger partial charge >= 0.3 is 0 Å². The lowest BCUT2D eigenvalue weighted by atomic mass is 10.0. The molecule has 0 radical (unpaired) electrons. The quantitative estimate of drug-likeness (QED) is 0.731. The fraction of sp³-hybridized carbons (Fsp3) is 0.650. The predicted octanol–water partition coefficient (Wildman–Crippen LogP) is 1.97. The zero-order valence-corrected chi connectivity index (χ0v) is 18.0. The molecular weight excluding hydrogens is 376 g/mol. The van der Waals surface area contributed by atoms with Crippen molar-refractivity contribution in [3.63, 3.8) is 0 Å². The highest BCUT2D eigenvalue weighted by atomic mass is 32.2. The summed E-state index contributed by atoms with van der Waals surface area (Å²) in [5.74, 6) is -0.201. The third-order valence-corrected chi connectivity index (χ3v) is 7.46. The van der Waals surface area contributed by atoms with Crippen molar-refractivity contribution in [2.45, 2.75) is 50.5 Å². The van der Waals surface area contributed by atoms with Gasteiger partial charge in [0, 0.05) is 52.0 Å². The van der Waals surface area contributed by atoms with E-state index in [9.17, 15) is 13.2 Å². The lowest BCUT2D eigenvalue weighted by Gasteiger charge is -2.31. The van der Waals surface area contributed by atoms with Gasteiger partial charge in [-0.1, -0.05) is 11.6 Å². The van der Waals surface area contributed by atoms with Gasteiger partial charge in [0.1, 0.15) is 10.6 Å². The number of nitrogens with one attached hydrogen (secondary N) is 1. The molecule has 7 nitrogen and oxygen atoms in total. The summed E-state index contributed by atoms with van der Waals surface area (Å²) in [7, 11) is -1.79. The molecule has 0 atom stereocenters. The van der Waals surface area contributed by atoms with Gasteiger partial charge < -0.3 is 9.88 Å². The van der Waals surface area contributed by atoms with Gasteiger partial charge in [-0.3, -0.25) is 9.69 Å². The van der Waals surface area contributed by atoms with Crippen LogP contribution in [0.25, 0.3) is 0 Å². The largest absolute Gasteiger partial charge is 0.348 e. The standard InChI is InChI=1S/C20H32N4O3S/c1-16(2)6-11-23-12-7-17(8-13-23)21-20(25)19-14-18(15-22(19)3)28(26,27)24-9-4-5-10-24/h6,14-15,17H,4-5,7-13H2,1-3H3,(H,21,25). The minimum absolute atomic E-state index is 0.129. The lowest BCUT2D eigenvalue weighted by molar-refractivity contribution is 0.0906. The number of likely N-dealkylation sites (tertiary alicyclic amines) is 1. The topological polar surface area (TPSA) is 74.7 Å². The summed E-state index contributed by atoms with van der Waals surface area (Å²) in [5.41, 5.74) is 1.71. The van der Waals surface area contributed by atoms with E-state index in [0.29, 0.717) is 18.8 Å². The Morgan fingerprint density at radius 1 is 1.18 bits per heavy atom. The van der Waals surface area contributed by atoms with Crippen molar-refractivity contribution in [3.8, 4) is 0 Å². The number of rotatable bonds is 6. The number of carbonyl (C=O) groups is 1. The number of aromatic nitrogens is 1. The van der Waals surface area contributed by atoms with E-state index in [0.717, 1.165) is 45.3 Å². The van der Waals surface area contributed by atoms with Crippen LogP contribution in [-0.2, 0) is 17.1 Å². The molecule has 3 rings (SSSR count). The van der Waals surface area contributed by atoms with Gasteiger partial charge in [0.15, 0.2) is 0 Å². The van der Waals surface area contributed by atoms with Crippen molar-refractivity contribution in [2.24, 2.45) is 7.05 Å². The molecule has 1 N–H and O–H groups in total. The van der Waals surface area contributed by atoms with Gasteiger partial charge in [-0.15, -0.1) is 0 Å². The number of hydrogen-bond acceptors (Lipinski definition) is 4. The van der Waals surface area contributed by atoms with Crippen LogP contribution in [0.5, 0.6) is 0 Å². The molecule has 156 valence electrons. The highest BCUT2D eigenvalue weighted by Crippen LogP contribution is 2.22. The van der Waals surface area contributed by atoms with Crippen LogP contribution in [0.3, 0.4) is 0 Å². The van der Waals surface area contributed by atoms with Crippen LogP contribution in [-0.4, -0.2) is 66.9 Å². The van der Waals surface area contributed by atoms with Gasteiger partial charge in [-0.2, -0.15) is 4.31 Å². The number of nitrogens with zero attached hydrogens (tertiary/aromatic N) is 3. The molecule has 0 bridgehead atoms. The molecule has 0 aromatic carbocycles. The first-order valence-corrected chi connectivity index (χ1v) is 11.5. The number of amides is 1. The molecule has 8 heteroatoms. The molecular formula is C20H32N4O3S. The smallest absolute Gasteiger partial charge is 0.268 e. The Kier molecular flexibility index (Phi) is 6.62. The Morgan fingerprint density at radius 3 is 2.43 bits per heavy atom. The summed E-state index contributed by atoms with van der Waals surface area (Å²) in [4.78, 5) is 15.3. The van der Waals surface area contributed by atoms with E-state index >= 15 is 0 Å². The lowest BCUT2D eigenvalue weighted by Crippen LogP contribution is -2.45. The van der Waals surface area contributed by atoms with Crippen LogP contribution in [0.1, 0.15) is 50.0 Å². The normalized spacial score (nSPS) is 19.7. The Balaban J connectivity index is 1.60. The van der Waals surface area contributed by atoms with Crippen LogP contribution in [0.15, 0.2) is 28.8 Å². The van der Waals surface area contributed by atoms with Crippen molar-refractivity contribution < 1.29 is 13.2 Å². The molecule has 0 unspecified atom stereocenters. The number of hydrogen-bond donors (Lipinski definition) is 1. The van der Waals surface area contributed by atoms with Crippen LogP contribution in [0, 0.1) is 0 Å². The zero-order chi connectivity index (χ0) is 20.3. The van der Waals surface area contributed by atoms with Gasteiger partial charge in [0.2, 0.25) is 10.0 Å². The molecule has 2 aliphatic rings. The van der Waals surface area contributed by atoms with E-state index < -0.39 is 10.0 Å². The molecule has 2 saturated heterocycles. The van der Waals surface area contributed by atoms with E-state index in [1.165, 1.54) is 15.9 Å². The van der Waals surface area contributed by atoms with Crippen LogP contribution < -0.4 is 5.32 Å². The highest BCUT2D eigenvalue weighted by Gasteiger charge is 2.30. The third kappa shape index (κ3) is 4.85. The highest BCUT2D eigenvalue weighted by molar-refractivity contribution is 7.89. The van der Waals surface area contributed by atoms with E-state index in [2.05, 4.69) is 30.1 Å². The average Bonchev–Trinajstić information content (AvgIpc) is 3.31. The summed E-state index contributed by atoms with van der Waals surface area (Å²) >= 11 is 0. The zero-order valence-electron chi connectivity index (χ0n) is 17.1. The fourth-order valence-corrected chi connectivity index (χ4v) is 5.40. The molecule has 0 aliphatic carbocycles. The van der Waals surface area contributed by atoms with Crippen molar-refractivity contribution in [1.29, 1.82) is 0 Å². The summed E-state index contributed by atoms with van der Waals surface area (Å²) < 4.78 is 28.6. The molecule has 28 heavy (non-hydrogen) atoms. The average molecular weight is 409 g/mol. The first kappa shape index (κ1) is 21.1. The van der Waals surface area contributed by atoms with E-state index in [-0.39, 0.29) is 16.8 Å². The molecule has 1 aromatic heterocycles. The minimum Gasteiger partial charge on any atom is -0.348 e. The molecule has 2 aliphatic heterocycles. The Hall–Kier alpha value is -1.64. The van der Waals surface area contributed by atoms with Crippen LogP contribution in [0.4, 0.5) is 0 Å². The summed E-state index contributed by atoms with van der Waals surface area (Å²) in [6, 6.07) is 1.64. The molecule has 0 spiro atoms. The number of aryl methyl sites for hydroxylation is 1. The number of carbonyl (C=O) groups excluding carboxylic acids is 1. The van der Waals surface area contributed by atoms with Gasteiger partial charge in [-0.25, -0.2) is 8.42 Å². The maximum atomic E-state index is 12.7. The predicted molar refractivity (Wildman–Crippen MR) is 110 cm³/mol. The first-order valence-electron chi connectivity index (χ1n) is 10.1. The molecule has 3 heterocycles. The van der Waals surface area contributed by atoms with Crippen LogP contribution in [0.2, 0.25) is 0 Å². The Morgan fingerprint density at radius 2 is 1.82 bits per heavy atom. The summed E-state index contributed by atoms with van der Waals surface area (Å²) in [6.07, 6.45) is 7.38. The fourth-order valence-electron chi connectivity index (χ4n) is 3.81. The van der Waals surface area contributed by atoms with Crippen molar-refractivity contribution in [3.05, 3.63) is 29.6 Å². The molecule has 2 fully saturated rings. The second-order valence-corrected chi connectivity index (χ2v) is 10.1. The SMILES string of the molecule is CC(C)=CCN1CCC(NC(=O)c2cc(S(=O)(=O)N3CCCC3)cn2C)CC1. The third-order valence-electron chi connectivity index (χ3n) is 5.60. The first-order chi connectivity index (χ1) is 13.3. The second-order valence-electron chi connectivity index (χ2n) is 8.11. The summed E-state index contributed by atoms with van der Waals surface area (Å²) in [6.45, 7) is 8.19. The maximum Gasteiger partial charge on any atom is 0.268 e. The summed E-state index contributed by atoms with van der Waals surface area (Å²) in [5, 5.41) is 3.09. The van der Waals surface area contributed by atoms with Crippen molar-refractivity contribution in [1.82, 2.24) is 19.1 Å². The van der Waals surface area contributed by atoms with Crippen molar-refractivity contribution in [2.75, 3.05) is 32.7 Å². The van der Waals surface area contributed by atoms with Gasteiger partial charge in [0.25, 0.3) is 5.91 Å². The molecule has 1 aromatic rings. The van der Waals surface area contributed by atoms with E-state index in [4.69, 9.17) is 0 Å². The molecule has 1 amide bonds. The van der Waals surface area contributed by atoms with E-state index in [1.54, 1.807) is 17.8 Å². The van der Waals surface area contributed by atoms with Gasteiger partial charge in [-0.05, 0) is 45.6 Å². The second kappa shape index (κ2) is 8.80. The van der Waals surface area contributed by atoms with Crippen molar-refractivity contribution >= 4 is 15.9 Å². The number of allylic oxidation sites excluding steroid dienone is 1. The Bertz CT molecular complexity index is 826. The Labute approximate surface area is 168 Å². The van der Waals surface area contributed by atoms with E-state index in [1.807, 2.05) is 0 Å². The number of piperidine rings is 1. The van der Waals surface area contributed by atoms with Gasteiger partial charge in [0.05, 0.1) is 0 Å². The monoisotopic (exact) mass is 408 g/mol. The maximum absolute atomic E-state index is 12.7. The molecule has 0 saturated carbocycles.